The van der Waals surface area contributed by atoms with Gasteiger partial charge in [-0.25, -0.2) is 0 Å². The van der Waals surface area contributed by atoms with Crippen LogP contribution in [0.2, 0.25) is 0 Å². The van der Waals surface area contributed by atoms with E-state index in [2.05, 4.69) is 22.0 Å². The van der Waals surface area contributed by atoms with Gasteiger partial charge >= 0.3 is 0 Å². The predicted octanol–water partition coefficient (Wildman–Crippen LogP) is 2.51. The summed E-state index contributed by atoms with van der Waals surface area (Å²) in [5.41, 5.74) is 7.25. The molecular weight excluding hydrogens is 282 g/mol. The van der Waals surface area contributed by atoms with Crippen molar-refractivity contribution in [2.24, 2.45) is 5.73 Å². The van der Waals surface area contributed by atoms with Gasteiger partial charge in [0.05, 0.1) is 13.7 Å². The fourth-order valence-electron chi connectivity index (χ4n) is 2.28. The van der Waals surface area contributed by atoms with Crippen LogP contribution in [0, 0.1) is 0 Å². The number of benzene rings is 1. The lowest BCUT2D eigenvalue weighted by Crippen LogP contribution is -2.49. The molecule has 3 nitrogen and oxygen atoms in total. The molecule has 1 aromatic rings. The fourth-order valence-corrected chi connectivity index (χ4v) is 2.69. The van der Waals surface area contributed by atoms with Crippen molar-refractivity contribution in [1.29, 1.82) is 0 Å². The van der Waals surface area contributed by atoms with Gasteiger partial charge in [-0.3, -0.25) is 0 Å². The van der Waals surface area contributed by atoms with Crippen molar-refractivity contribution < 1.29 is 9.47 Å². The highest BCUT2D eigenvalue weighted by Crippen LogP contribution is 2.29. The van der Waals surface area contributed by atoms with Gasteiger partial charge < -0.3 is 15.2 Å². The van der Waals surface area contributed by atoms with Crippen molar-refractivity contribution in [3.8, 4) is 5.75 Å². The molecule has 1 atom stereocenters. The molecule has 0 saturated carbocycles. The molecular formula is C13H18BrNO2. The van der Waals surface area contributed by atoms with Crippen LogP contribution >= 0.6 is 15.9 Å². The minimum atomic E-state index is -0.258. The van der Waals surface area contributed by atoms with Gasteiger partial charge in [-0.1, -0.05) is 15.9 Å². The number of hydrogen-bond acceptors (Lipinski definition) is 3. The number of rotatable bonds is 3. The molecule has 2 N–H and O–H groups in total. The van der Waals surface area contributed by atoms with Crippen molar-refractivity contribution in [1.82, 2.24) is 0 Å². The van der Waals surface area contributed by atoms with Gasteiger partial charge in [-0.05, 0) is 43.0 Å². The summed E-state index contributed by atoms with van der Waals surface area (Å²) in [7, 11) is 1.69. The van der Waals surface area contributed by atoms with E-state index in [0.717, 1.165) is 41.7 Å². The first-order chi connectivity index (χ1) is 8.13. The lowest BCUT2D eigenvalue weighted by atomic mass is 9.86. The molecule has 1 saturated heterocycles. The SMILES string of the molecule is COc1ccc(Br)cc1CC1(N)CCCOC1. The Morgan fingerprint density at radius 2 is 2.35 bits per heavy atom. The molecule has 94 valence electrons. The van der Waals surface area contributed by atoms with Gasteiger partial charge in [0.1, 0.15) is 5.75 Å². The van der Waals surface area contributed by atoms with Crippen LogP contribution in [0.1, 0.15) is 18.4 Å². The average molecular weight is 300 g/mol. The maximum atomic E-state index is 6.37. The molecule has 1 heterocycles. The Labute approximate surface area is 110 Å². The first kappa shape index (κ1) is 12.9. The first-order valence-corrected chi connectivity index (χ1v) is 6.61. The van der Waals surface area contributed by atoms with E-state index in [1.54, 1.807) is 7.11 Å². The fraction of sp³-hybridized carbons (Fsp3) is 0.538. The van der Waals surface area contributed by atoms with E-state index < -0.39 is 0 Å². The van der Waals surface area contributed by atoms with Crippen LogP contribution in [-0.4, -0.2) is 25.9 Å². The van der Waals surface area contributed by atoms with Crippen LogP contribution in [-0.2, 0) is 11.2 Å². The highest BCUT2D eigenvalue weighted by atomic mass is 79.9. The molecule has 0 bridgehead atoms. The van der Waals surface area contributed by atoms with Crippen LogP contribution in [0.15, 0.2) is 22.7 Å². The number of ether oxygens (including phenoxy) is 2. The average Bonchev–Trinajstić information content (AvgIpc) is 2.29. The summed E-state index contributed by atoms with van der Waals surface area (Å²) in [6.45, 7) is 1.46. The molecule has 0 radical (unpaired) electrons. The second-order valence-corrected chi connectivity index (χ2v) is 5.57. The van der Waals surface area contributed by atoms with Gasteiger partial charge in [0, 0.05) is 16.6 Å². The second-order valence-electron chi connectivity index (χ2n) is 4.65. The summed E-state index contributed by atoms with van der Waals surface area (Å²) in [5.74, 6) is 0.892. The molecule has 1 aromatic carbocycles. The monoisotopic (exact) mass is 299 g/mol. The summed E-state index contributed by atoms with van der Waals surface area (Å²) in [4.78, 5) is 0. The normalized spacial score (nSPS) is 24.6. The molecule has 2 rings (SSSR count). The largest absolute Gasteiger partial charge is 0.496 e. The molecule has 0 spiro atoms. The minimum absolute atomic E-state index is 0.258. The van der Waals surface area contributed by atoms with Crippen LogP contribution in [0.3, 0.4) is 0 Å². The molecule has 0 amide bonds. The van der Waals surface area contributed by atoms with E-state index in [0.29, 0.717) is 6.61 Å². The highest BCUT2D eigenvalue weighted by Gasteiger charge is 2.29. The number of hydrogen-bond donors (Lipinski definition) is 1. The number of halogens is 1. The molecule has 0 aromatic heterocycles. The van der Waals surface area contributed by atoms with Crippen molar-refractivity contribution >= 4 is 15.9 Å². The third kappa shape index (κ3) is 3.21. The van der Waals surface area contributed by atoms with E-state index in [4.69, 9.17) is 15.2 Å². The molecule has 1 aliphatic rings. The Kier molecular flexibility index (Phi) is 4.07. The standard InChI is InChI=1S/C13H18BrNO2/c1-16-12-4-3-11(14)7-10(12)8-13(15)5-2-6-17-9-13/h3-4,7H,2,5-6,8-9,15H2,1H3. The highest BCUT2D eigenvalue weighted by molar-refractivity contribution is 9.10. The Balaban J connectivity index is 2.19. The van der Waals surface area contributed by atoms with Gasteiger partial charge in [0.15, 0.2) is 0 Å². The topological polar surface area (TPSA) is 44.5 Å². The smallest absolute Gasteiger partial charge is 0.122 e. The maximum Gasteiger partial charge on any atom is 0.122 e. The van der Waals surface area contributed by atoms with Gasteiger partial charge in [0.25, 0.3) is 0 Å². The predicted molar refractivity (Wildman–Crippen MR) is 71.4 cm³/mol. The third-order valence-corrected chi connectivity index (χ3v) is 3.63. The van der Waals surface area contributed by atoms with E-state index in [-0.39, 0.29) is 5.54 Å². The van der Waals surface area contributed by atoms with E-state index in [9.17, 15) is 0 Å². The zero-order chi connectivity index (χ0) is 12.3. The summed E-state index contributed by atoms with van der Waals surface area (Å²) in [6, 6.07) is 6.01. The Hall–Kier alpha value is -0.580. The molecule has 17 heavy (non-hydrogen) atoms. The van der Waals surface area contributed by atoms with Crippen molar-refractivity contribution in [3.63, 3.8) is 0 Å². The summed E-state index contributed by atoms with van der Waals surface area (Å²) in [6.07, 6.45) is 2.82. The van der Waals surface area contributed by atoms with Crippen molar-refractivity contribution in [3.05, 3.63) is 28.2 Å². The zero-order valence-electron chi connectivity index (χ0n) is 10.0. The summed E-state index contributed by atoms with van der Waals surface area (Å²) >= 11 is 3.48. The molecule has 1 aliphatic heterocycles. The van der Waals surface area contributed by atoms with E-state index in [1.165, 1.54) is 0 Å². The van der Waals surface area contributed by atoms with Crippen LogP contribution in [0.25, 0.3) is 0 Å². The Morgan fingerprint density at radius 3 is 3.00 bits per heavy atom. The quantitative estimate of drug-likeness (QED) is 0.933. The second kappa shape index (κ2) is 5.38. The van der Waals surface area contributed by atoms with E-state index >= 15 is 0 Å². The lowest BCUT2D eigenvalue weighted by molar-refractivity contribution is 0.0380. The van der Waals surface area contributed by atoms with Crippen molar-refractivity contribution in [2.75, 3.05) is 20.3 Å². The number of nitrogens with two attached hydrogens (primary N) is 1. The summed E-state index contributed by atoms with van der Waals surface area (Å²) in [5, 5.41) is 0. The minimum Gasteiger partial charge on any atom is -0.496 e. The van der Waals surface area contributed by atoms with Crippen LogP contribution < -0.4 is 10.5 Å². The van der Waals surface area contributed by atoms with Crippen LogP contribution in [0.4, 0.5) is 0 Å². The lowest BCUT2D eigenvalue weighted by Gasteiger charge is -2.33. The first-order valence-electron chi connectivity index (χ1n) is 5.82. The summed E-state index contributed by atoms with van der Waals surface area (Å²) < 4.78 is 11.9. The third-order valence-electron chi connectivity index (χ3n) is 3.14. The Bertz CT molecular complexity index is 389. The van der Waals surface area contributed by atoms with Crippen LogP contribution in [0.5, 0.6) is 5.75 Å². The zero-order valence-corrected chi connectivity index (χ0v) is 11.6. The number of methoxy groups -OCH3 is 1. The van der Waals surface area contributed by atoms with Gasteiger partial charge in [-0.2, -0.15) is 0 Å². The van der Waals surface area contributed by atoms with E-state index in [1.807, 2.05) is 12.1 Å². The maximum absolute atomic E-state index is 6.37. The molecule has 0 aliphatic carbocycles. The molecule has 1 fully saturated rings. The molecule has 4 heteroatoms. The molecule has 1 unspecified atom stereocenters. The Morgan fingerprint density at radius 1 is 1.53 bits per heavy atom. The van der Waals surface area contributed by atoms with Gasteiger partial charge in [0.2, 0.25) is 0 Å². The van der Waals surface area contributed by atoms with Crippen molar-refractivity contribution in [2.45, 2.75) is 24.8 Å². The van der Waals surface area contributed by atoms with Gasteiger partial charge in [-0.15, -0.1) is 0 Å².